The van der Waals surface area contributed by atoms with Crippen molar-refractivity contribution in [1.82, 2.24) is 5.43 Å². The van der Waals surface area contributed by atoms with E-state index in [1.165, 1.54) is 17.6 Å². The van der Waals surface area contributed by atoms with Crippen LogP contribution < -0.4 is 14.9 Å². The second-order valence-electron chi connectivity index (χ2n) is 8.58. The highest BCUT2D eigenvalue weighted by Crippen LogP contribution is 2.35. The molecule has 5 rings (SSSR count). The number of thiophene rings is 1. The quantitative estimate of drug-likeness (QED) is 0.0940. The molecule has 1 heterocycles. The summed E-state index contributed by atoms with van der Waals surface area (Å²) in [7, 11) is 0. The van der Waals surface area contributed by atoms with Crippen LogP contribution in [0, 0.1) is 0 Å². The molecule has 0 radical (unpaired) electrons. The molecule has 0 saturated heterocycles. The van der Waals surface area contributed by atoms with Gasteiger partial charge in [0.2, 0.25) is 0 Å². The first-order valence-corrected chi connectivity index (χ1v) is 13.3. The molecule has 0 bridgehead atoms. The summed E-state index contributed by atoms with van der Waals surface area (Å²) in [5, 5.41) is 5.22. The first-order chi connectivity index (χ1) is 19.0. The monoisotopic (exact) mass is 554 g/mol. The SMILES string of the molecule is C[C@@H](Oc1ccc(-c2ccccc2)cc1)C(=O)N/N=C\c1ccc(OC(=O)c2sc3ccccc3c2Cl)cc1. The molecule has 39 heavy (non-hydrogen) atoms. The Bertz CT molecular complexity index is 1630. The number of ether oxygens (including phenoxy) is 2. The van der Waals surface area contributed by atoms with Crippen LogP contribution >= 0.6 is 22.9 Å². The molecular weight excluding hydrogens is 532 g/mol. The number of esters is 1. The summed E-state index contributed by atoms with van der Waals surface area (Å²) in [5.41, 5.74) is 5.36. The Morgan fingerprint density at radius 1 is 0.846 bits per heavy atom. The Morgan fingerprint density at radius 3 is 2.21 bits per heavy atom. The van der Waals surface area contributed by atoms with Crippen LogP contribution in [0.3, 0.4) is 0 Å². The summed E-state index contributed by atoms with van der Waals surface area (Å²) in [4.78, 5) is 25.4. The van der Waals surface area contributed by atoms with E-state index in [-0.39, 0.29) is 5.91 Å². The number of nitrogens with zero attached hydrogens (tertiary/aromatic N) is 1. The van der Waals surface area contributed by atoms with Crippen LogP contribution in [-0.4, -0.2) is 24.2 Å². The number of amides is 1. The van der Waals surface area contributed by atoms with Crippen molar-refractivity contribution in [1.29, 1.82) is 0 Å². The number of nitrogens with one attached hydrogen (secondary N) is 1. The Hall–Kier alpha value is -4.46. The summed E-state index contributed by atoms with van der Waals surface area (Å²) in [5.74, 6) is 0.0566. The molecule has 0 spiro atoms. The Morgan fingerprint density at radius 2 is 1.49 bits per heavy atom. The van der Waals surface area contributed by atoms with Crippen molar-refractivity contribution < 1.29 is 19.1 Å². The zero-order valence-electron chi connectivity index (χ0n) is 20.8. The molecule has 1 aromatic heterocycles. The third kappa shape index (κ3) is 6.34. The van der Waals surface area contributed by atoms with Gasteiger partial charge in [-0.15, -0.1) is 11.3 Å². The van der Waals surface area contributed by atoms with E-state index in [2.05, 4.69) is 10.5 Å². The van der Waals surface area contributed by atoms with Crippen LogP contribution in [0.25, 0.3) is 21.2 Å². The lowest BCUT2D eigenvalue weighted by molar-refractivity contribution is -0.127. The number of rotatable bonds is 8. The fourth-order valence-corrected chi connectivity index (χ4v) is 5.18. The molecule has 0 fully saturated rings. The van der Waals surface area contributed by atoms with Crippen molar-refractivity contribution in [2.24, 2.45) is 5.10 Å². The lowest BCUT2D eigenvalue weighted by Gasteiger charge is -2.13. The molecule has 1 amide bonds. The third-order valence-electron chi connectivity index (χ3n) is 5.84. The second-order valence-corrected chi connectivity index (χ2v) is 10.0. The number of hydrogen-bond acceptors (Lipinski definition) is 6. The average molecular weight is 555 g/mol. The molecular formula is C31H23ClN2O4S. The van der Waals surface area contributed by atoms with Gasteiger partial charge in [0, 0.05) is 10.1 Å². The Balaban J connectivity index is 1.12. The third-order valence-corrected chi connectivity index (χ3v) is 7.50. The number of carbonyl (C=O) groups excluding carboxylic acids is 2. The standard InChI is InChI=1S/C31H23ClN2O4S/c1-20(37-24-17-13-23(14-18-24)22-7-3-2-4-8-22)30(35)34-33-19-21-11-15-25(16-12-21)38-31(36)29-28(32)26-9-5-6-10-27(26)39-29/h2-20H,1H3,(H,34,35)/b33-19-/t20-/m1/s1. The van der Waals surface area contributed by atoms with E-state index >= 15 is 0 Å². The zero-order chi connectivity index (χ0) is 27.2. The minimum Gasteiger partial charge on any atom is -0.481 e. The van der Waals surface area contributed by atoms with Gasteiger partial charge in [-0.3, -0.25) is 4.79 Å². The van der Waals surface area contributed by atoms with Gasteiger partial charge in [0.05, 0.1) is 11.2 Å². The van der Waals surface area contributed by atoms with Crippen LogP contribution in [0.2, 0.25) is 5.02 Å². The highest BCUT2D eigenvalue weighted by molar-refractivity contribution is 7.21. The van der Waals surface area contributed by atoms with Crippen LogP contribution in [0.5, 0.6) is 11.5 Å². The molecule has 0 unspecified atom stereocenters. The van der Waals surface area contributed by atoms with E-state index in [0.29, 0.717) is 27.0 Å². The lowest BCUT2D eigenvalue weighted by atomic mass is 10.1. The highest BCUT2D eigenvalue weighted by Gasteiger charge is 2.19. The molecule has 0 aliphatic carbocycles. The molecule has 194 valence electrons. The Kier molecular flexibility index (Phi) is 8.01. The van der Waals surface area contributed by atoms with E-state index in [0.717, 1.165) is 21.2 Å². The number of hydrazone groups is 1. The van der Waals surface area contributed by atoms with Crippen molar-refractivity contribution in [3.05, 3.63) is 119 Å². The van der Waals surface area contributed by atoms with Gasteiger partial charge >= 0.3 is 5.97 Å². The molecule has 4 aromatic carbocycles. The minimum absolute atomic E-state index is 0.356. The summed E-state index contributed by atoms with van der Waals surface area (Å²) in [6.07, 6.45) is 0.750. The van der Waals surface area contributed by atoms with E-state index in [1.807, 2.05) is 78.9 Å². The van der Waals surface area contributed by atoms with Crippen LogP contribution in [0.1, 0.15) is 22.2 Å². The normalized spacial score (nSPS) is 11.8. The summed E-state index contributed by atoms with van der Waals surface area (Å²) < 4.78 is 12.1. The molecule has 8 heteroatoms. The molecule has 5 aromatic rings. The topological polar surface area (TPSA) is 77.0 Å². The molecule has 1 N–H and O–H groups in total. The molecule has 0 aliphatic rings. The van der Waals surface area contributed by atoms with Gasteiger partial charge in [-0.05, 0) is 66.1 Å². The van der Waals surface area contributed by atoms with Gasteiger partial charge in [-0.2, -0.15) is 5.10 Å². The molecule has 0 saturated carbocycles. The maximum atomic E-state index is 12.6. The van der Waals surface area contributed by atoms with Crippen molar-refractivity contribution in [3.8, 4) is 22.6 Å². The van der Waals surface area contributed by atoms with Crippen molar-refractivity contribution >= 4 is 51.1 Å². The van der Waals surface area contributed by atoms with Crippen LogP contribution in [0.15, 0.2) is 108 Å². The van der Waals surface area contributed by atoms with Crippen molar-refractivity contribution in [2.75, 3.05) is 0 Å². The molecule has 0 aliphatic heterocycles. The number of benzene rings is 4. The zero-order valence-corrected chi connectivity index (χ0v) is 22.4. The van der Waals surface area contributed by atoms with Crippen LogP contribution in [-0.2, 0) is 4.79 Å². The van der Waals surface area contributed by atoms with Gasteiger partial charge in [0.1, 0.15) is 16.4 Å². The fraction of sp³-hybridized carbons (Fsp3) is 0.0645. The number of halogens is 1. The smallest absolute Gasteiger partial charge is 0.355 e. The summed E-state index contributed by atoms with van der Waals surface area (Å²) in [6.45, 7) is 1.65. The first kappa shape index (κ1) is 26.2. The number of carbonyl (C=O) groups is 2. The second kappa shape index (κ2) is 11.9. The van der Waals surface area contributed by atoms with Gasteiger partial charge < -0.3 is 9.47 Å². The van der Waals surface area contributed by atoms with Gasteiger partial charge in [0.25, 0.3) is 5.91 Å². The predicted molar refractivity (Wildman–Crippen MR) is 156 cm³/mol. The van der Waals surface area contributed by atoms with Crippen molar-refractivity contribution in [3.63, 3.8) is 0 Å². The molecule has 6 nitrogen and oxygen atoms in total. The highest BCUT2D eigenvalue weighted by atomic mass is 35.5. The van der Waals surface area contributed by atoms with E-state index < -0.39 is 12.1 Å². The lowest BCUT2D eigenvalue weighted by Crippen LogP contribution is -2.33. The number of hydrogen-bond donors (Lipinski definition) is 1. The maximum Gasteiger partial charge on any atom is 0.355 e. The van der Waals surface area contributed by atoms with E-state index in [1.54, 1.807) is 31.2 Å². The fourth-order valence-electron chi connectivity index (χ4n) is 3.80. The summed E-state index contributed by atoms with van der Waals surface area (Å²) in [6, 6.07) is 31.9. The Labute approximate surface area is 234 Å². The molecule has 1 atom stereocenters. The largest absolute Gasteiger partial charge is 0.481 e. The van der Waals surface area contributed by atoms with E-state index in [4.69, 9.17) is 21.1 Å². The van der Waals surface area contributed by atoms with E-state index in [9.17, 15) is 9.59 Å². The van der Waals surface area contributed by atoms with Crippen LogP contribution in [0.4, 0.5) is 0 Å². The first-order valence-electron chi connectivity index (χ1n) is 12.1. The van der Waals surface area contributed by atoms with Gasteiger partial charge in [0.15, 0.2) is 6.10 Å². The number of fused-ring (bicyclic) bond motifs is 1. The van der Waals surface area contributed by atoms with Crippen molar-refractivity contribution in [2.45, 2.75) is 13.0 Å². The minimum atomic E-state index is -0.743. The average Bonchev–Trinajstić information content (AvgIpc) is 3.31. The van der Waals surface area contributed by atoms with Gasteiger partial charge in [-0.1, -0.05) is 72.3 Å². The predicted octanol–water partition coefficient (Wildman–Crippen LogP) is 7.36. The maximum absolute atomic E-state index is 12.6. The summed E-state index contributed by atoms with van der Waals surface area (Å²) >= 11 is 7.66. The van der Waals surface area contributed by atoms with Gasteiger partial charge in [-0.25, -0.2) is 10.2 Å².